The van der Waals surface area contributed by atoms with E-state index in [0.29, 0.717) is 4.68 Å². The molecule has 16 heavy (non-hydrogen) atoms. The summed E-state index contributed by atoms with van der Waals surface area (Å²) in [6.07, 6.45) is -4.38. The molecular weight excluding hydrogens is 228 g/mol. The second kappa shape index (κ2) is 4.94. The summed E-state index contributed by atoms with van der Waals surface area (Å²) in [5.41, 5.74) is -1.75. The Morgan fingerprint density at radius 3 is 2.56 bits per heavy atom. The Hall–Kier alpha value is -1.61. The first-order valence-corrected chi connectivity index (χ1v) is 4.21. The van der Waals surface area contributed by atoms with Gasteiger partial charge in [-0.3, -0.25) is 0 Å². The summed E-state index contributed by atoms with van der Waals surface area (Å²) in [5, 5.41) is 32.4. The minimum absolute atomic E-state index is 0.448. The van der Waals surface area contributed by atoms with Gasteiger partial charge in [0, 0.05) is 0 Å². The van der Waals surface area contributed by atoms with Crippen LogP contribution in [0.1, 0.15) is 22.6 Å². The molecule has 0 saturated heterocycles. The van der Waals surface area contributed by atoms with E-state index in [1.165, 1.54) is 0 Å². The number of carboxylic acids is 1. The standard InChI is InChI=1S/C7H9F2N3O4/c8-6(9)5-4(7(15)16)10-11-12(5)1-3(14)2-13/h3,6,13-14H,1-2H2,(H,15,16). The monoisotopic (exact) mass is 237 g/mol. The number of hydrogen-bond acceptors (Lipinski definition) is 5. The number of rotatable bonds is 5. The maximum Gasteiger partial charge on any atom is 0.358 e. The lowest BCUT2D eigenvalue weighted by molar-refractivity contribution is 0.0653. The molecule has 9 heteroatoms. The summed E-state index contributed by atoms with van der Waals surface area (Å²) in [6.45, 7) is -1.10. The molecule has 0 aliphatic rings. The molecule has 0 fully saturated rings. The molecule has 0 bridgehead atoms. The smallest absolute Gasteiger partial charge is 0.358 e. The summed E-state index contributed by atoms with van der Waals surface area (Å²) < 4.78 is 25.6. The number of aliphatic hydroxyl groups excluding tert-OH is 2. The topological polar surface area (TPSA) is 108 Å². The van der Waals surface area contributed by atoms with Gasteiger partial charge in [-0.1, -0.05) is 5.21 Å². The van der Waals surface area contributed by atoms with Gasteiger partial charge in [-0.25, -0.2) is 18.3 Å². The lowest BCUT2D eigenvalue weighted by Gasteiger charge is -2.09. The van der Waals surface area contributed by atoms with Crippen LogP contribution in [0, 0.1) is 0 Å². The fourth-order valence-electron chi connectivity index (χ4n) is 1.08. The number of aromatic carboxylic acids is 1. The first kappa shape index (κ1) is 12.5. The Labute approximate surface area is 87.9 Å². The molecule has 90 valence electrons. The molecule has 1 aromatic rings. The Bertz CT molecular complexity index is 382. The van der Waals surface area contributed by atoms with Crippen molar-refractivity contribution in [2.45, 2.75) is 19.1 Å². The van der Waals surface area contributed by atoms with Gasteiger partial charge in [0.1, 0.15) is 5.69 Å². The van der Waals surface area contributed by atoms with Gasteiger partial charge in [-0.15, -0.1) is 5.10 Å². The lowest BCUT2D eigenvalue weighted by atomic mass is 10.3. The SMILES string of the molecule is O=C(O)c1nnn(CC(O)CO)c1C(F)F. The van der Waals surface area contributed by atoms with E-state index < -0.39 is 43.0 Å². The Kier molecular flexibility index (Phi) is 3.85. The fraction of sp³-hybridized carbons (Fsp3) is 0.571. The summed E-state index contributed by atoms with van der Waals surface area (Å²) in [7, 11) is 0. The summed E-state index contributed by atoms with van der Waals surface area (Å²) in [5.74, 6) is -1.62. The zero-order chi connectivity index (χ0) is 12.3. The van der Waals surface area contributed by atoms with Crippen molar-refractivity contribution in [3.05, 3.63) is 11.4 Å². The molecule has 7 nitrogen and oxygen atoms in total. The van der Waals surface area contributed by atoms with E-state index in [4.69, 9.17) is 15.3 Å². The van der Waals surface area contributed by atoms with E-state index in [2.05, 4.69) is 10.3 Å². The van der Waals surface area contributed by atoms with Crippen LogP contribution in [0.2, 0.25) is 0 Å². The van der Waals surface area contributed by atoms with E-state index in [9.17, 15) is 13.6 Å². The predicted molar refractivity (Wildman–Crippen MR) is 45.0 cm³/mol. The highest BCUT2D eigenvalue weighted by atomic mass is 19.3. The van der Waals surface area contributed by atoms with Gasteiger partial charge >= 0.3 is 5.97 Å². The second-order valence-corrected chi connectivity index (χ2v) is 2.95. The van der Waals surface area contributed by atoms with Gasteiger partial charge in [0.2, 0.25) is 0 Å². The normalized spacial score (nSPS) is 13.1. The highest BCUT2D eigenvalue weighted by Crippen LogP contribution is 2.21. The van der Waals surface area contributed by atoms with E-state index >= 15 is 0 Å². The van der Waals surface area contributed by atoms with Crippen molar-refractivity contribution in [2.75, 3.05) is 6.61 Å². The number of aliphatic hydroxyl groups is 2. The lowest BCUT2D eigenvalue weighted by Crippen LogP contribution is -2.22. The summed E-state index contributed by atoms with van der Waals surface area (Å²) in [6, 6.07) is 0. The van der Waals surface area contributed by atoms with Crippen molar-refractivity contribution in [3.8, 4) is 0 Å². The third kappa shape index (κ3) is 2.49. The minimum Gasteiger partial charge on any atom is -0.476 e. The molecule has 0 amide bonds. The van der Waals surface area contributed by atoms with E-state index in [0.717, 1.165) is 0 Å². The van der Waals surface area contributed by atoms with Crippen LogP contribution in [0.4, 0.5) is 8.78 Å². The Balaban J connectivity index is 3.05. The van der Waals surface area contributed by atoms with Crippen molar-refractivity contribution in [3.63, 3.8) is 0 Å². The molecular formula is C7H9F2N3O4. The minimum atomic E-state index is -3.08. The Morgan fingerprint density at radius 1 is 1.50 bits per heavy atom. The van der Waals surface area contributed by atoms with Crippen molar-refractivity contribution in [1.29, 1.82) is 0 Å². The van der Waals surface area contributed by atoms with Crippen LogP contribution in [0.15, 0.2) is 0 Å². The van der Waals surface area contributed by atoms with Gasteiger partial charge in [-0.2, -0.15) is 0 Å². The first-order chi connectivity index (χ1) is 7.47. The quantitative estimate of drug-likeness (QED) is 0.622. The third-order valence-electron chi connectivity index (χ3n) is 1.78. The number of carboxylic acid groups (broad SMARTS) is 1. The van der Waals surface area contributed by atoms with E-state index in [1.807, 2.05) is 0 Å². The van der Waals surface area contributed by atoms with Crippen LogP contribution in [0.3, 0.4) is 0 Å². The molecule has 1 atom stereocenters. The molecule has 1 aromatic heterocycles. The van der Waals surface area contributed by atoms with Crippen LogP contribution in [0.25, 0.3) is 0 Å². The van der Waals surface area contributed by atoms with Gasteiger partial charge in [-0.05, 0) is 0 Å². The molecule has 1 heterocycles. The van der Waals surface area contributed by atoms with Gasteiger partial charge in [0.05, 0.1) is 19.3 Å². The van der Waals surface area contributed by atoms with E-state index in [1.54, 1.807) is 0 Å². The fourth-order valence-corrected chi connectivity index (χ4v) is 1.08. The molecule has 1 rings (SSSR count). The molecule has 0 aliphatic carbocycles. The molecule has 0 saturated carbocycles. The molecule has 0 radical (unpaired) electrons. The van der Waals surface area contributed by atoms with Crippen LogP contribution in [-0.4, -0.2) is 49.0 Å². The number of halogens is 2. The first-order valence-electron chi connectivity index (χ1n) is 4.21. The van der Waals surface area contributed by atoms with Gasteiger partial charge < -0.3 is 15.3 Å². The average molecular weight is 237 g/mol. The molecule has 0 aliphatic heterocycles. The molecule has 3 N–H and O–H groups in total. The molecule has 1 unspecified atom stereocenters. The number of nitrogens with zero attached hydrogens (tertiary/aromatic N) is 3. The van der Waals surface area contributed by atoms with Gasteiger partial charge in [0.15, 0.2) is 5.69 Å². The van der Waals surface area contributed by atoms with Crippen molar-refractivity contribution in [2.24, 2.45) is 0 Å². The summed E-state index contributed by atoms with van der Waals surface area (Å²) >= 11 is 0. The molecule has 0 spiro atoms. The second-order valence-electron chi connectivity index (χ2n) is 2.95. The summed E-state index contributed by atoms with van der Waals surface area (Å²) in [4.78, 5) is 10.5. The maximum atomic E-state index is 12.5. The zero-order valence-corrected chi connectivity index (χ0v) is 7.92. The highest BCUT2D eigenvalue weighted by molar-refractivity contribution is 5.86. The van der Waals surface area contributed by atoms with Crippen molar-refractivity contribution in [1.82, 2.24) is 15.0 Å². The largest absolute Gasteiger partial charge is 0.476 e. The zero-order valence-electron chi connectivity index (χ0n) is 7.92. The average Bonchev–Trinajstić information content (AvgIpc) is 2.61. The van der Waals surface area contributed by atoms with Crippen molar-refractivity contribution < 1.29 is 28.9 Å². The highest BCUT2D eigenvalue weighted by Gasteiger charge is 2.26. The van der Waals surface area contributed by atoms with E-state index in [-0.39, 0.29) is 0 Å². The number of alkyl halides is 2. The molecule has 0 aromatic carbocycles. The van der Waals surface area contributed by atoms with Crippen LogP contribution in [-0.2, 0) is 6.54 Å². The van der Waals surface area contributed by atoms with Crippen molar-refractivity contribution >= 4 is 5.97 Å². The van der Waals surface area contributed by atoms with Gasteiger partial charge in [0.25, 0.3) is 6.43 Å². The number of aromatic nitrogens is 3. The van der Waals surface area contributed by atoms with Crippen LogP contribution >= 0.6 is 0 Å². The predicted octanol–water partition coefficient (Wildman–Crippen LogP) is -0.733. The van der Waals surface area contributed by atoms with Crippen LogP contribution < -0.4 is 0 Å². The number of hydrogen-bond donors (Lipinski definition) is 3. The third-order valence-corrected chi connectivity index (χ3v) is 1.78. The Morgan fingerprint density at radius 2 is 2.12 bits per heavy atom. The number of carbonyl (C=O) groups is 1. The maximum absolute atomic E-state index is 12.5. The van der Waals surface area contributed by atoms with Crippen LogP contribution in [0.5, 0.6) is 0 Å².